The van der Waals surface area contributed by atoms with Crippen LogP contribution in [0.3, 0.4) is 0 Å². The Hall–Kier alpha value is -2.77. The fourth-order valence-corrected chi connectivity index (χ4v) is 4.16. The van der Waals surface area contributed by atoms with E-state index in [4.69, 9.17) is 10.1 Å². The van der Waals surface area contributed by atoms with Crippen molar-refractivity contribution in [3.8, 4) is 0 Å². The van der Waals surface area contributed by atoms with Gasteiger partial charge in [0.25, 0.3) is 5.91 Å². The van der Waals surface area contributed by atoms with Gasteiger partial charge in [0.15, 0.2) is 0 Å². The molecular weight excluding hydrogens is 398 g/mol. The zero-order valence-electron chi connectivity index (χ0n) is 17.3. The second-order valence-corrected chi connectivity index (χ2v) is 8.79. The van der Waals surface area contributed by atoms with E-state index >= 15 is 0 Å². The first kappa shape index (κ1) is 21.9. The van der Waals surface area contributed by atoms with E-state index in [1.807, 2.05) is 24.3 Å². The first-order chi connectivity index (χ1) is 14.3. The maximum atomic E-state index is 13.1. The van der Waals surface area contributed by atoms with Gasteiger partial charge in [-0.05, 0) is 48.6 Å². The number of aryl methyl sites for hydroxylation is 1. The minimum Gasteiger partial charge on any atom is -0.352 e. The molecule has 30 heavy (non-hydrogen) atoms. The monoisotopic (exact) mass is 425 g/mol. The second-order valence-electron chi connectivity index (χ2n) is 7.23. The van der Waals surface area contributed by atoms with Crippen LogP contribution in [0.2, 0.25) is 0 Å². The predicted molar refractivity (Wildman–Crippen MR) is 119 cm³/mol. The number of rotatable bonds is 8. The molecule has 6 nitrogen and oxygen atoms in total. The quantitative estimate of drug-likeness (QED) is 0.578. The lowest BCUT2D eigenvalue weighted by molar-refractivity contribution is 0.0954. The average molecular weight is 426 g/mol. The average Bonchev–Trinajstić information content (AvgIpc) is 2.72. The van der Waals surface area contributed by atoms with Gasteiger partial charge in [0, 0.05) is 17.6 Å². The number of aromatic nitrogens is 1. The number of para-hydroxylation sites is 1. The van der Waals surface area contributed by atoms with Gasteiger partial charge in [0.2, 0.25) is 10.0 Å². The number of fused-ring (bicyclic) bond motifs is 1. The summed E-state index contributed by atoms with van der Waals surface area (Å²) in [6.45, 7) is 4.60. The third-order valence-electron chi connectivity index (χ3n) is 5.10. The van der Waals surface area contributed by atoms with Crippen molar-refractivity contribution in [2.24, 2.45) is 5.14 Å². The molecule has 0 aliphatic heterocycles. The van der Waals surface area contributed by atoms with Gasteiger partial charge in [-0.1, -0.05) is 50.6 Å². The van der Waals surface area contributed by atoms with Crippen LogP contribution in [0.25, 0.3) is 10.9 Å². The molecule has 3 aromatic rings. The number of nitrogens with zero attached hydrogens (tertiary/aromatic N) is 1. The van der Waals surface area contributed by atoms with Gasteiger partial charge in [0.05, 0.1) is 16.0 Å². The molecule has 0 bridgehead atoms. The lowest BCUT2D eigenvalue weighted by Crippen LogP contribution is -2.27. The number of benzene rings is 2. The smallest absolute Gasteiger partial charge is 0.252 e. The van der Waals surface area contributed by atoms with Crippen molar-refractivity contribution in [2.45, 2.75) is 44.4 Å². The van der Waals surface area contributed by atoms with Gasteiger partial charge in [-0.25, -0.2) is 13.6 Å². The van der Waals surface area contributed by atoms with Crippen LogP contribution in [-0.2, 0) is 29.3 Å². The van der Waals surface area contributed by atoms with E-state index in [-0.39, 0.29) is 10.8 Å². The number of amides is 1. The third kappa shape index (κ3) is 4.86. The number of hydrogen-bond donors (Lipinski definition) is 2. The van der Waals surface area contributed by atoms with E-state index in [9.17, 15) is 13.2 Å². The van der Waals surface area contributed by atoms with Crippen LogP contribution in [0, 0.1) is 0 Å². The molecule has 0 aliphatic rings. The molecule has 0 unspecified atom stereocenters. The van der Waals surface area contributed by atoms with Crippen molar-refractivity contribution in [1.29, 1.82) is 0 Å². The Balaban J connectivity index is 1.81. The van der Waals surface area contributed by atoms with Crippen LogP contribution in [0.15, 0.2) is 53.4 Å². The molecule has 7 heteroatoms. The summed E-state index contributed by atoms with van der Waals surface area (Å²) in [5, 5.41) is 9.01. The Morgan fingerprint density at radius 1 is 1.03 bits per heavy atom. The van der Waals surface area contributed by atoms with E-state index in [0.717, 1.165) is 47.0 Å². The molecule has 2 aromatic carbocycles. The normalized spacial score (nSPS) is 11.6. The molecular formula is C23H27N3O3S. The summed E-state index contributed by atoms with van der Waals surface area (Å²) in [6.07, 6.45) is 3.13. The Labute approximate surface area is 177 Å². The van der Waals surface area contributed by atoms with Crippen LogP contribution >= 0.6 is 0 Å². The number of pyridine rings is 1. The number of sulfonamides is 1. The maximum Gasteiger partial charge on any atom is 0.252 e. The maximum absolute atomic E-state index is 13.1. The molecule has 0 spiro atoms. The van der Waals surface area contributed by atoms with Crippen LogP contribution in [0.4, 0.5) is 0 Å². The number of carbonyl (C=O) groups excluding carboxylic acids is 1. The molecule has 0 radical (unpaired) electrons. The minimum absolute atomic E-state index is 0.0783. The Kier molecular flexibility index (Phi) is 6.84. The van der Waals surface area contributed by atoms with E-state index in [1.54, 1.807) is 12.1 Å². The standard InChI is InChI=1S/C23H27N3O3S/c1-3-7-20-18(4-2)22(19-8-5-6-9-21(19)26-20)23(27)25-15-14-16-10-12-17(13-11-16)30(24,28)29/h5-6,8-13H,3-4,7,14-15H2,1-2H3,(H,25,27)(H2,24,28,29). The highest BCUT2D eigenvalue weighted by Gasteiger charge is 2.19. The summed E-state index contributed by atoms with van der Waals surface area (Å²) in [5.41, 5.74) is 4.45. The molecule has 0 saturated heterocycles. The van der Waals surface area contributed by atoms with Crippen LogP contribution in [-0.4, -0.2) is 25.9 Å². The van der Waals surface area contributed by atoms with Crippen LogP contribution in [0.1, 0.15) is 47.4 Å². The van der Waals surface area contributed by atoms with Gasteiger partial charge in [-0.3, -0.25) is 9.78 Å². The van der Waals surface area contributed by atoms with Crippen LogP contribution in [0.5, 0.6) is 0 Å². The summed E-state index contributed by atoms with van der Waals surface area (Å²) in [4.78, 5) is 18.0. The summed E-state index contributed by atoms with van der Waals surface area (Å²) in [6, 6.07) is 14.1. The fourth-order valence-electron chi connectivity index (χ4n) is 3.64. The van der Waals surface area contributed by atoms with Crippen molar-refractivity contribution < 1.29 is 13.2 Å². The predicted octanol–water partition coefficient (Wildman–Crippen LogP) is 3.37. The Morgan fingerprint density at radius 3 is 2.37 bits per heavy atom. The lowest BCUT2D eigenvalue weighted by Gasteiger charge is -2.16. The molecule has 1 heterocycles. The topological polar surface area (TPSA) is 102 Å². The molecule has 1 aromatic heterocycles. The molecule has 158 valence electrons. The summed E-state index contributed by atoms with van der Waals surface area (Å²) < 4.78 is 22.7. The largest absolute Gasteiger partial charge is 0.352 e. The molecule has 0 saturated carbocycles. The van der Waals surface area contributed by atoms with Gasteiger partial charge < -0.3 is 5.32 Å². The second kappa shape index (κ2) is 9.36. The number of nitrogens with one attached hydrogen (secondary N) is 1. The molecule has 3 N–H and O–H groups in total. The molecule has 0 fully saturated rings. The molecule has 1 amide bonds. The first-order valence-electron chi connectivity index (χ1n) is 10.2. The van der Waals surface area contributed by atoms with Crippen LogP contribution < -0.4 is 10.5 Å². The Bertz CT molecular complexity index is 1160. The molecule has 3 rings (SSSR count). The minimum atomic E-state index is -3.70. The van der Waals surface area contributed by atoms with Crippen molar-refractivity contribution in [1.82, 2.24) is 10.3 Å². The lowest BCUT2D eigenvalue weighted by atomic mass is 9.96. The first-order valence-corrected chi connectivity index (χ1v) is 11.7. The van der Waals surface area contributed by atoms with Gasteiger partial charge in [0.1, 0.15) is 0 Å². The van der Waals surface area contributed by atoms with Crippen molar-refractivity contribution in [2.75, 3.05) is 6.54 Å². The van der Waals surface area contributed by atoms with Gasteiger partial charge in [-0.15, -0.1) is 0 Å². The number of primary sulfonamides is 1. The highest BCUT2D eigenvalue weighted by Crippen LogP contribution is 2.25. The SMILES string of the molecule is CCCc1nc2ccccc2c(C(=O)NCCc2ccc(S(N)(=O)=O)cc2)c1CC. The summed E-state index contributed by atoms with van der Waals surface area (Å²) in [5.74, 6) is -0.107. The fraction of sp³-hybridized carbons (Fsp3) is 0.304. The number of nitrogens with two attached hydrogens (primary N) is 1. The highest BCUT2D eigenvalue weighted by molar-refractivity contribution is 7.89. The van der Waals surface area contributed by atoms with Crippen molar-refractivity contribution >= 4 is 26.8 Å². The number of hydrogen-bond acceptors (Lipinski definition) is 4. The highest BCUT2D eigenvalue weighted by atomic mass is 32.2. The zero-order valence-corrected chi connectivity index (χ0v) is 18.1. The van der Waals surface area contributed by atoms with Crippen molar-refractivity contribution in [3.63, 3.8) is 0 Å². The van der Waals surface area contributed by atoms with Gasteiger partial charge in [-0.2, -0.15) is 0 Å². The molecule has 0 atom stereocenters. The van der Waals surface area contributed by atoms with E-state index < -0.39 is 10.0 Å². The summed E-state index contributed by atoms with van der Waals surface area (Å²) >= 11 is 0. The van der Waals surface area contributed by atoms with E-state index in [1.165, 1.54) is 12.1 Å². The number of carbonyl (C=O) groups is 1. The zero-order chi connectivity index (χ0) is 21.7. The third-order valence-corrected chi connectivity index (χ3v) is 6.03. The summed E-state index contributed by atoms with van der Waals surface area (Å²) in [7, 11) is -3.70. The Morgan fingerprint density at radius 2 is 1.73 bits per heavy atom. The van der Waals surface area contributed by atoms with Gasteiger partial charge >= 0.3 is 0 Å². The van der Waals surface area contributed by atoms with Crippen molar-refractivity contribution in [3.05, 3.63) is 70.9 Å². The molecule has 0 aliphatic carbocycles. The van der Waals surface area contributed by atoms with E-state index in [2.05, 4.69) is 19.2 Å². The van der Waals surface area contributed by atoms with E-state index in [0.29, 0.717) is 18.5 Å².